The van der Waals surface area contributed by atoms with Gasteiger partial charge in [0.1, 0.15) is 31.1 Å². The average Bonchev–Trinajstić information content (AvgIpc) is 2.19. The maximum atomic E-state index is 12.2. The fourth-order valence-electron chi connectivity index (χ4n) is 1.20. The summed E-state index contributed by atoms with van der Waals surface area (Å²) in [5.41, 5.74) is 8.08. The van der Waals surface area contributed by atoms with Crippen LogP contribution in [0.1, 0.15) is 0 Å². The summed E-state index contributed by atoms with van der Waals surface area (Å²) in [6.07, 6.45) is -7.33. The Kier molecular flexibility index (Phi) is 3.62. The van der Waals surface area contributed by atoms with Crippen molar-refractivity contribution < 1.29 is 24.4 Å². The second-order valence-corrected chi connectivity index (χ2v) is 2.90. The predicted octanol–water partition coefficient (Wildman–Crippen LogP) is -0.926. The molecule has 1 aliphatic heterocycles. The number of hydrogen-bond donors (Lipinski definition) is 3. The molecule has 0 spiro atoms. The van der Waals surface area contributed by atoms with E-state index in [-0.39, 0.29) is 0 Å². The van der Waals surface area contributed by atoms with Crippen LogP contribution in [0.25, 0.3) is 10.4 Å². The Hall–Kier alpha value is -0.920. The fraction of sp³-hybridized carbons (Fsp3) is 1.00. The lowest BCUT2D eigenvalue weighted by Crippen LogP contribution is -2.57. The number of rotatable bonds is 2. The van der Waals surface area contributed by atoms with Gasteiger partial charge in [0.05, 0.1) is 0 Å². The van der Waals surface area contributed by atoms with E-state index in [4.69, 9.17) is 10.3 Å². The summed E-state index contributed by atoms with van der Waals surface area (Å²) in [6.45, 7) is -1.04. The van der Waals surface area contributed by atoms with Gasteiger partial charge in [-0.2, -0.15) is 0 Å². The first-order valence-electron chi connectivity index (χ1n) is 3.91. The third kappa shape index (κ3) is 1.94. The zero-order valence-corrected chi connectivity index (χ0v) is 7.06. The SMILES string of the molecule is [N-]=[N+]=N[C@@H]1OC(CF)[C@@H](O)[C@H](O)C1O. The van der Waals surface area contributed by atoms with Crippen LogP contribution < -0.4 is 0 Å². The monoisotopic (exact) mass is 207 g/mol. The summed E-state index contributed by atoms with van der Waals surface area (Å²) in [6, 6.07) is 0. The van der Waals surface area contributed by atoms with E-state index in [0.717, 1.165) is 0 Å². The molecular formula is C6H10FN3O4. The number of alkyl halides is 1. The molecule has 5 atom stereocenters. The molecule has 0 radical (unpaired) electrons. The Morgan fingerprint density at radius 2 is 1.93 bits per heavy atom. The molecule has 1 fully saturated rings. The van der Waals surface area contributed by atoms with Gasteiger partial charge >= 0.3 is 0 Å². The summed E-state index contributed by atoms with van der Waals surface area (Å²) in [5, 5.41) is 30.6. The molecule has 0 saturated carbocycles. The van der Waals surface area contributed by atoms with Crippen LogP contribution in [-0.2, 0) is 4.74 Å². The fourth-order valence-corrected chi connectivity index (χ4v) is 1.20. The van der Waals surface area contributed by atoms with Gasteiger partial charge in [-0.25, -0.2) is 4.39 Å². The Labute approximate surface area is 78.4 Å². The molecule has 0 bridgehead atoms. The first kappa shape index (κ1) is 11.2. The first-order valence-corrected chi connectivity index (χ1v) is 3.91. The molecule has 1 aliphatic rings. The van der Waals surface area contributed by atoms with Gasteiger partial charge in [-0.05, 0) is 5.53 Å². The Morgan fingerprint density at radius 3 is 2.43 bits per heavy atom. The summed E-state index contributed by atoms with van der Waals surface area (Å²) >= 11 is 0. The number of nitrogens with zero attached hydrogens (tertiary/aromatic N) is 3. The number of aliphatic hydroxyl groups is 3. The van der Waals surface area contributed by atoms with Crippen LogP contribution in [0.3, 0.4) is 0 Å². The zero-order chi connectivity index (χ0) is 10.7. The summed E-state index contributed by atoms with van der Waals surface area (Å²) in [7, 11) is 0. The van der Waals surface area contributed by atoms with Crippen molar-refractivity contribution in [2.24, 2.45) is 5.11 Å². The van der Waals surface area contributed by atoms with E-state index < -0.39 is 37.3 Å². The minimum absolute atomic E-state index is 1.04. The Balaban J connectivity index is 2.77. The normalized spacial score (nSPS) is 43.0. The van der Waals surface area contributed by atoms with Crippen LogP contribution in [0.4, 0.5) is 4.39 Å². The van der Waals surface area contributed by atoms with Gasteiger partial charge in [0.15, 0.2) is 6.23 Å². The Morgan fingerprint density at radius 1 is 1.29 bits per heavy atom. The molecule has 0 aromatic heterocycles. The van der Waals surface area contributed by atoms with Crippen LogP contribution in [-0.4, -0.2) is 52.6 Å². The van der Waals surface area contributed by atoms with E-state index in [1.807, 2.05) is 0 Å². The largest absolute Gasteiger partial charge is 0.388 e. The molecule has 3 N–H and O–H groups in total. The summed E-state index contributed by atoms with van der Waals surface area (Å²) < 4.78 is 16.9. The van der Waals surface area contributed by atoms with E-state index in [9.17, 15) is 19.7 Å². The van der Waals surface area contributed by atoms with Gasteiger partial charge in [0, 0.05) is 4.91 Å². The second-order valence-electron chi connectivity index (χ2n) is 2.90. The topological polar surface area (TPSA) is 119 Å². The lowest BCUT2D eigenvalue weighted by Gasteiger charge is -2.37. The highest BCUT2D eigenvalue weighted by Crippen LogP contribution is 2.22. The van der Waals surface area contributed by atoms with Crippen LogP contribution in [0.15, 0.2) is 5.11 Å². The minimum Gasteiger partial charge on any atom is -0.388 e. The molecular weight excluding hydrogens is 197 g/mol. The summed E-state index contributed by atoms with van der Waals surface area (Å²) in [4.78, 5) is 2.36. The Bertz CT molecular complexity index is 245. The minimum atomic E-state index is -1.58. The number of halogens is 1. The van der Waals surface area contributed by atoms with Crippen molar-refractivity contribution in [3.05, 3.63) is 10.4 Å². The molecule has 1 rings (SSSR count). The first-order chi connectivity index (χ1) is 6.61. The highest BCUT2D eigenvalue weighted by atomic mass is 19.1. The van der Waals surface area contributed by atoms with Crippen LogP contribution in [0.5, 0.6) is 0 Å². The maximum absolute atomic E-state index is 12.2. The average molecular weight is 207 g/mol. The lowest BCUT2D eigenvalue weighted by atomic mass is 9.99. The smallest absolute Gasteiger partial charge is 0.165 e. The van der Waals surface area contributed by atoms with Crippen molar-refractivity contribution in [1.29, 1.82) is 0 Å². The van der Waals surface area contributed by atoms with Crippen molar-refractivity contribution in [1.82, 2.24) is 0 Å². The van der Waals surface area contributed by atoms with Crippen molar-refractivity contribution in [2.45, 2.75) is 30.6 Å². The van der Waals surface area contributed by atoms with E-state index in [1.165, 1.54) is 0 Å². The molecule has 0 amide bonds. The molecule has 8 heteroatoms. The molecule has 80 valence electrons. The highest BCUT2D eigenvalue weighted by molar-refractivity contribution is 4.91. The third-order valence-electron chi connectivity index (χ3n) is 2.00. The van der Waals surface area contributed by atoms with Crippen molar-refractivity contribution >= 4 is 0 Å². The number of aliphatic hydroxyl groups excluding tert-OH is 3. The highest BCUT2D eigenvalue weighted by Gasteiger charge is 2.43. The molecule has 2 unspecified atom stereocenters. The summed E-state index contributed by atoms with van der Waals surface area (Å²) in [5.74, 6) is 0. The number of ether oxygens (including phenoxy) is 1. The van der Waals surface area contributed by atoms with Gasteiger partial charge in [0.25, 0.3) is 0 Å². The molecule has 7 nitrogen and oxygen atoms in total. The van der Waals surface area contributed by atoms with Crippen molar-refractivity contribution in [3.63, 3.8) is 0 Å². The van der Waals surface area contributed by atoms with E-state index in [1.54, 1.807) is 0 Å². The van der Waals surface area contributed by atoms with Crippen molar-refractivity contribution in [3.8, 4) is 0 Å². The molecule has 1 saturated heterocycles. The molecule has 14 heavy (non-hydrogen) atoms. The second kappa shape index (κ2) is 4.54. The van der Waals surface area contributed by atoms with Gasteiger partial charge < -0.3 is 20.1 Å². The number of hydrogen-bond acceptors (Lipinski definition) is 5. The van der Waals surface area contributed by atoms with Gasteiger partial charge in [-0.3, -0.25) is 0 Å². The van der Waals surface area contributed by atoms with E-state index >= 15 is 0 Å². The van der Waals surface area contributed by atoms with Crippen LogP contribution >= 0.6 is 0 Å². The van der Waals surface area contributed by atoms with Gasteiger partial charge in [0.2, 0.25) is 0 Å². The quantitative estimate of drug-likeness (QED) is 0.308. The maximum Gasteiger partial charge on any atom is 0.165 e. The van der Waals surface area contributed by atoms with E-state index in [0.29, 0.717) is 0 Å². The third-order valence-corrected chi connectivity index (χ3v) is 2.00. The standard InChI is InChI=1S/C6H10FN3O4/c7-1-2-3(11)4(12)5(13)6(14-2)9-10-8/h2-6,11-13H,1H2/t2?,3-,4+,5?,6-/m1/s1. The zero-order valence-electron chi connectivity index (χ0n) is 7.06. The number of azide groups is 1. The van der Waals surface area contributed by atoms with Crippen LogP contribution in [0.2, 0.25) is 0 Å². The molecule has 0 aromatic rings. The molecule has 1 heterocycles. The van der Waals surface area contributed by atoms with Crippen LogP contribution in [0, 0.1) is 0 Å². The predicted molar refractivity (Wildman–Crippen MR) is 41.8 cm³/mol. The molecule has 0 aliphatic carbocycles. The van der Waals surface area contributed by atoms with Gasteiger partial charge in [-0.1, -0.05) is 5.11 Å². The lowest BCUT2D eigenvalue weighted by molar-refractivity contribution is -0.222. The molecule has 0 aromatic carbocycles. The van der Waals surface area contributed by atoms with Crippen molar-refractivity contribution in [2.75, 3.05) is 6.67 Å². The van der Waals surface area contributed by atoms with E-state index in [2.05, 4.69) is 10.0 Å². The van der Waals surface area contributed by atoms with Gasteiger partial charge in [-0.15, -0.1) is 0 Å².